The van der Waals surface area contributed by atoms with Crippen LogP contribution in [0.2, 0.25) is 0 Å². The van der Waals surface area contributed by atoms with E-state index in [0.29, 0.717) is 6.61 Å². The second kappa shape index (κ2) is 4.70. The summed E-state index contributed by atoms with van der Waals surface area (Å²) in [6.45, 7) is 2.41. The molecular formula is C12H11IO2. The summed E-state index contributed by atoms with van der Waals surface area (Å²) < 4.78 is 12.2. The maximum absolute atomic E-state index is 5.59. The Balaban J connectivity index is 1.99. The molecule has 15 heavy (non-hydrogen) atoms. The lowest BCUT2D eigenvalue weighted by Crippen LogP contribution is -1.93. The van der Waals surface area contributed by atoms with Gasteiger partial charge in [0.25, 0.3) is 0 Å². The molecule has 0 aliphatic rings. The highest BCUT2D eigenvalue weighted by molar-refractivity contribution is 14.1. The van der Waals surface area contributed by atoms with E-state index in [1.165, 1.54) is 3.57 Å². The van der Waals surface area contributed by atoms with E-state index in [-0.39, 0.29) is 0 Å². The van der Waals surface area contributed by atoms with E-state index in [1.807, 2.05) is 43.3 Å². The van der Waals surface area contributed by atoms with Gasteiger partial charge in [0.2, 0.25) is 0 Å². The highest BCUT2D eigenvalue weighted by Crippen LogP contribution is 2.17. The van der Waals surface area contributed by atoms with Crippen LogP contribution in [0.25, 0.3) is 0 Å². The van der Waals surface area contributed by atoms with Gasteiger partial charge in [0.15, 0.2) is 0 Å². The van der Waals surface area contributed by atoms with Crippen molar-refractivity contribution in [3.8, 4) is 5.75 Å². The molecule has 1 aromatic carbocycles. The molecule has 3 heteroatoms. The minimum absolute atomic E-state index is 0.480. The van der Waals surface area contributed by atoms with Gasteiger partial charge in [-0.2, -0.15) is 0 Å². The van der Waals surface area contributed by atoms with Crippen LogP contribution < -0.4 is 4.74 Å². The number of rotatable bonds is 3. The summed E-state index contributed by atoms with van der Waals surface area (Å²) in [6, 6.07) is 11.8. The third kappa shape index (κ3) is 2.99. The van der Waals surface area contributed by atoms with E-state index in [9.17, 15) is 0 Å². The molecule has 0 saturated heterocycles. The van der Waals surface area contributed by atoms with Crippen molar-refractivity contribution in [2.45, 2.75) is 13.5 Å². The van der Waals surface area contributed by atoms with Gasteiger partial charge in [0.05, 0.1) is 0 Å². The van der Waals surface area contributed by atoms with Gasteiger partial charge in [-0.1, -0.05) is 6.07 Å². The van der Waals surface area contributed by atoms with Crippen molar-refractivity contribution in [3.63, 3.8) is 0 Å². The highest BCUT2D eigenvalue weighted by atomic mass is 127. The van der Waals surface area contributed by atoms with E-state index in [1.54, 1.807) is 0 Å². The molecule has 0 spiro atoms. The Morgan fingerprint density at radius 1 is 1.27 bits per heavy atom. The van der Waals surface area contributed by atoms with Gasteiger partial charge in [-0.05, 0) is 59.8 Å². The first-order chi connectivity index (χ1) is 7.24. The third-order valence-corrected chi connectivity index (χ3v) is 2.64. The molecule has 0 aliphatic heterocycles. The molecule has 0 fully saturated rings. The lowest BCUT2D eigenvalue weighted by Gasteiger charge is -2.03. The predicted molar refractivity (Wildman–Crippen MR) is 66.9 cm³/mol. The van der Waals surface area contributed by atoms with Gasteiger partial charge < -0.3 is 9.15 Å². The van der Waals surface area contributed by atoms with Gasteiger partial charge in [-0.25, -0.2) is 0 Å². The fraction of sp³-hybridized carbons (Fsp3) is 0.167. The van der Waals surface area contributed by atoms with Crippen molar-refractivity contribution >= 4 is 22.6 Å². The summed E-state index contributed by atoms with van der Waals surface area (Å²) in [7, 11) is 0. The number of hydrogen-bond acceptors (Lipinski definition) is 2. The Kier molecular flexibility index (Phi) is 3.30. The maximum Gasteiger partial charge on any atom is 0.146 e. The van der Waals surface area contributed by atoms with Gasteiger partial charge in [-0.15, -0.1) is 0 Å². The van der Waals surface area contributed by atoms with E-state index < -0.39 is 0 Å². The van der Waals surface area contributed by atoms with Gasteiger partial charge >= 0.3 is 0 Å². The van der Waals surface area contributed by atoms with Crippen LogP contribution in [0.15, 0.2) is 40.8 Å². The second-order valence-corrected chi connectivity index (χ2v) is 4.50. The molecular weight excluding hydrogens is 303 g/mol. The van der Waals surface area contributed by atoms with Gasteiger partial charge in [-0.3, -0.25) is 0 Å². The Bertz CT molecular complexity index is 448. The van der Waals surface area contributed by atoms with Crippen molar-refractivity contribution < 1.29 is 9.15 Å². The van der Waals surface area contributed by atoms with Crippen molar-refractivity contribution in [2.24, 2.45) is 0 Å². The molecule has 78 valence electrons. The number of ether oxygens (including phenoxy) is 1. The van der Waals surface area contributed by atoms with E-state index in [0.717, 1.165) is 17.3 Å². The molecule has 2 aromatic rings. The van der Waals surface area contributed by atoms with Crippen molar-refractivity contribution in [1.29, 1.82) is 0 Å². The van der Waals surface area contributed by atoms with Crippen LogP contribution in [0.5, 0.6) is 5.75 Å². The van der Waals surface area contributed by atoms with E-state index in [4.69, 9.17) is 9.15 Å². The Hall–Kier alpha value is -0.970. The minimum Gasteiger partial charge on any atom is -0.486 e. The zero-order valence-corrected chi connectivity index (χ0v) is 10.5. The normalized spacial score (nSPS) is 10.3. The maximum atomic E-state index is 5.59. The lowest BCUT2D eigenvalue weighted by molar-refractivity contribution is 0.267. The quantitative estimate of drug-likeness (QED) is 0.805. The Morgan fingerprint density at radius 3 is 2.80 bits per heavy atom. The number of benzene rings is 1. The van der Waals surface area contributed by atoms with Crippen molar-refractivity contribution in [3.05, 3.63) is 51.5 Å². The summed E-state index contributed by atoms with van der Waals surface area (Å²) in [5, 5.41) is 0. The molecule has 0 N–H and O–H groups in total. The number of furan rings is 1. The Labute approximate surface area is 102 Å². The Morgan fingerprint density at radius 2 is 2.13 bits per heavy atom. The van der Waals surface area contributed by atoms with Gasteiger partial charge in [0.1, 0.15) is 23.9 Å². The summed E-state index contributed by atoms with van der Waals surface area (Å²) in [5.74, 6) is 2.64. The van der Waals surface area contributed by atoms with Crippen LogP contribution in [-0.4, -0.2) is 0 Å². The fourth-order valence-electron chi connectivity index (χ4n) is 1.27. The monoisotopic (exact) mass is 314 g/mol. The second-order valence-electron chi connectivity index (χ2n) is 3.26. The molecule has 2 rings (SSSR count). The molecule has 0 unspecified atom stereocenters. The molecule has 0 bridgehead atoms. The molecule has 0 radical (unpaired) electrons. The average Bonchev–Trinajstić information content (AvgIpc) is 2.62. The topological polar surface area (TPSA) is 22.4 Å². The van der Waals surface area contributed by atoms with Crippen LogP contribution >= 0.6 is 22.6 Å². The van der Waals surface area contributed by atoms with Crippen LogP contribution in [0.3, 0.4) is 0 Å². The van der Waals surface area contributed by atoms with Crippen LogP contribution in [-0.2, 0) is 6.61 Å². The zero-order chi connectivity index (χ0) is 10.7. The predicted octanol–water partition coefficient (Wildman–Crippen LogP) is 3.77. The fourth-order valence-corrected chi connectivity index (χ4v) is 1.79. The molecule has 1 aromatic heterocycles. The lowest BCUT2D eigenvalue weighted by atomic mass is 10.3. The molecule has 0 atom stereocenters. The standard InChI is InChI=1S/C12H11IO2/c1-9-5-6-12(15-9)8-14-11-4-2-3-10(13)7-11/h2-7H,8H2,1H3. The number of hydrogen-bond donors (Lipinski definition) is 0. The first-order valence-electron chi connectivity index (χ1n) is 4.68. The van der Waals surface area contributed by atoms with Crippen molar-refractivity contribution in [2.75, 3.05) is 0 Å². The van der Waals surface area contributed by atoms with Crippen LogP contribution in [0.1, 0.15) is 11.5 Å². The summed E-state index contributed by atoms with van der Waals surface area (Å²) in [6.07, 6.45) is 0. The van der Waals surface area contributed by atoms with Gasteiger partial charge in [0, 0.05) is 3.57 Å². The molecule has 2 nitrogen and oxygen atoms in total. The zero-order valence-electron chi connectivity index (χ0n) is 8.37. The third-order valence-electron chi connectivity index (χ3n) is 1.97. The first kappa shape index (κ1) is 10.5. The summed E-state index contributed by atoms with van der Waals surface area (Å²) in [4.78, 5) is 0. The number of halogens is 1. The summed E-state index contributed by atoms with van der Waals surface area (Å²) >= 11 is 2.26. The molecule has 1 heterocycles. The van der Waals surface area contributed by atoms with Crippen molar-refractivity contribution in [1.82, 2.24) is 0 Å². The molecule has 0 amide bonds. The van der Waals surface area contributed by atoms with Crippen LogP contribution in [0, 0.1) is 10.5 Å². The largest absolute Gasteiger partial charge is 0.486 e. The molecule has 0 aliphatic carbocycles. The van der Waals surface area contributed by atoms with E-state index in [2.05, 4.69) is 22.6 Å². The first-order valence-corrected chi connectivity index (χ1v) is 5.75. The average molecular weight is 314 g/mol. The smallest absolute Gasteiger partial charge is 0.146 e. The summed E-state index contributed by atoms with van der Waals surface area (Å²) in [5.41, 5.74) is 0. The van der Waals surface area contributed by atoms with Crippen LogP contribution in [0.4, 0.5) is 0 Å². The SMILES string of the molecule is Cc1ccc(COc2cccc(I)c2)o1. The van der Waals surface area contributed by atoms with E-state index >= 15 is 0 Å². The highest BCUT2D eigenvalue weighted by Gasteiger charge is 2.00. The minimum atomic E-state index is 0.480. The molecule has 0 saturated carbocycles. The number of aryl methyl sites for hydroxylation is 1.